The average Bonchev–Trinajstić information content (AvgIpc) is 2.38. The number of nitrogens with two attached hydrogens (primary N) is 1. The standard InChI is InChI=1S/C13H19N3O2/c1-9-7-11(3-4-12(9)13(14)15-17)16-5-6-18-8-10(16)2/h3-4,7,10,17H,5-6,8H2,1-2H3,(H2,14,15). The smallest absolute Gasteiger partial charge is 0.170 e. The Bertz CT molecular complexity index is 460. The first-order valence-corrected chi connectivity index (χ1v) is 6.06. The van der Waals surface area contributed by atoms with E-state index in [1.54, 1.807) is 0 Å². The Kier molecular flexibility index (Phi) is 3.72. The van der Waals surface area contributed by atoms with Crippen molar-refractivity contribution in [3.05, 3.63) is 29.3 Å². The molecule has 1 aliphatic heterocycles. The minimum atomic E-state index is 0.147. The van der Waals surface area contributed by atoms with E-state index in [0.29, 0.717) is 6.04 Å². The lowest BCUT2D eigenvalue weighted by atomic mass is 10.1. The summed E-state index contributed by atoms with van der Waals surface area (Å²) in [6, 6.07) is 6.33. The average molecular weight is 249 g/mol. The van der Waals surface area contributed by atoms with Gasteiger partial charge in [0.25, 0.3) is 0 Å². The fourth-order valence-electron chi connectivity index (χ4n) is 2.28. The normalized spacial score (nSPS) is 21.1. The Morgan fingerprint density at radius 1 is 1.56 bits per heavy atom. The van der Waals surface area contributed by atoms with E-state index in [0.717, 1.165) is 36.6 Å². The third-order valence-electron chi connectivity index (χ3n) is 3.29. The van der Waals surface area contributed by atoms with Crippen molar-refractivity contribution in [2.45, 2.75) is 19.9 Å². The van der Waals surface area contributed by atoms with E-state index in [1.807, 2.05) is 19.1 Å². The predicted molar refractivity (Wildman–Crippen MR) is 71.3 cm³/mol. The number of amidine groups is 1. The van der Waals surface area contributed by atoms with Crippen LogP contribution in [-0.4, -0.2) is 36.8 Å². The van der Waals surface area contributed by atoms with Gasteiger partial charge in [-0.25, -0.2) is 0 Å². The second-order valence-electron chi connectivity index (χ2n) is 4.60. The second kappa shape index (κ2) is 5.27. The van der Waals surface area contributed by atoms with Crippen LogP contribution < -0.4 is 10.6 Å². The number of rotatable bonds is 2. The van der Waals surface area contributed by atoms with E-state index in [1.165, 1.54) is 0 Å². The summed E-state index contributed by atoms with van der Waals surface area (Å²) in [5.74, 6) is 0.147. The van der Waals surface area contributed by atoms with Crippen LogP contribution in [0.4, 0.5) is 5.69 Å². The fraction of sp³-hybridized carbons (Fsp3) is 0.462. The molecule has 0 aliphatic carbocycles. The van der Waals surface area contributed by atoms with Crippen molar-refractivity contribution in [2.24, 2.45) is 10.9 Å². The van der Waals surface area contributed by atoms with Crippen LogP contribution in [0.1, 0.15) is 18.1 Å². The van der Waals surface area contributed by atoms with Gasteiger partial charge in [0.2, 0.25) is 0 Å². The molecule has 1 saturated heterocycles. The van der Waals surface area contributed by atoms with E-state index in [2.05, 4.69) is 23.0 Å². The molecule has 0 bridgehead atoms. The molecule has 0 radical (unpaired) electrons. The van der Waals surface area contributed by atoms with Crippen molar-refractivity contribution in [3.8, 4) is 0 Å². The topological polar surface area (TPSA) is 71.1 Å². The fourth-order valence-corrected chi connectivity index (χ4v) is 2.28. The van der Waals surface area contributed by atoms with Crippen LogP contribution in [-0.2, 0) is 4.74 Å². The maximum Gasteiger partial charge on any atom is 0.170 e. The molecular formula is C13H19N3O2. The molecule has 1 fully saturated rings. The maximum absolute atomic E-state index is 8.71. The molecule has 5 heteroatoms. The second-order valence-corrected chi connectivity index (χ2v) is 4.60. The van der Waals surface area contributed by atoms with Crippen LogP contribution >= 0.6 is 0 Å². The molecule has 1 unspecified atom stereocenters. The molecule has 2 rings (SSSR count). The molecular weight excluding hydrogens is 230 g/mol. The van der Waals surface area contributed by atoms with Crippen LogP contribution in [0.5, 0.6) is 0 Å². The van der Waals surface area contributed by atoms with Crippen molar-refractivity contribution in [1.29, 1.82) is 0 Å². The molecule has 1 aromatic rings. The van der Waals surface area contributed by atoms with Crippen LogP contribution in [0.25, 0.3) is 0 Å². The van der Waals surface area contributed by atoms with Crippen LogP contribution in [0.3, 0.4) is 0 Å². The van der Waals surface area contributed by atoms with Crippen LogP contribution in [0, 0.1) is 6.92 Å². The molecule has 1 aliphatic rings. The van der Waals surface area contributed by atoms with Gasteiger partial charge in [0, 0.05) is 23.8 Å². The molecule has 3 N–H and O–H groups in total. The molecule has 1 aromatic carbocycles. The zero-order valence-corrected chi connectivity index (χ0v) is 10.8. The van der Waals surface area contributed by atoms with Crippen molar-refractivity contribution >= 4 is 11.5 Å². The highest BCUT2D eigenvalue weighted by Gasteiger charge is 2.19. The number of anilines is 1. The van der Waals surface area contributed by atoms with E-state index >= 15 is 0 Å². The van der Waals surface area contributed by atoms with Gasteiger partial charge in [-0.1, -0.05) is 5.16 Å². The molecule has 0 aromatic heterocycles. The molecule has 0 amide bonds. The minimum Gasteiger partial charge on any atom is -0.409 e. The summed E-state index contributed by atoms with van der Waals surface area (Å²) >= 11 is 0. The van der Waals surface area contributed by atoms with Crippen molar-refractivity contribution in [3.63, 3.8) is 0 Å². The Labute approximate surface area is 107 Å². The minimum absolute atomic E-state index is 0.147. The summed E-state index contributed by atoms with van der Waals surface area (Å²) in [7, 11) is 0. The van der Waals surface area contributed by atoms with Gasteiger partial charge in [0.1, 0.15) is 0 Å². The highest BCUT2D eigenvalue weighted by Crippen LogP contribution is 2.22. The van der Waals surface area contributed by atoms with Gasteiger partial charge in [-0.15, -0.1) is 0 Å². The first-order chi connectivity index (χ1) is 8.63. The van der Waals surface area contributed by atoms with Crippen LogP contribution in [0.15, 0.2) is 23.4 Å². The number of aryl methyl sites for hydroxylation is 1. The van der Waals surface area contributed by atoms with Gasteiger partial charge < -0.3 is 20.6 Å². The van der Waals surface area contributed by atoms with Crippen molar-refractivity contribution in [2.75, 3.05) is 24.7 Å². The number of nitrogens with zero attached hydrogens (tertiary/aromatic N) is 2. The molecule has 1 atom stereocenters. The number of hydrogen-bond acceptors (Lipinski definition) is 4. The number of benzene rings is 1. The zero-order chi connectivity index (χ0) is 13.1. The largest absolute Gasteiger partial charge is 0.409 e. The lowest BCUT2D eigenvalue weighted by Gasteiger charge is -2.35. The Morgan fingerprint density at radius 2 is 2.33 bits per heavy atom. The molecule has 1 heterocycles. The molecule has 0 saturated carbocycles. The summed E-state index contributed by atoms with van der Waals surface area (Å²) in [5, 5.41) is 11.7. The summed E-state index contributed by atoms with van der Waals surface area (Å²) in [5.41, 5.74) is 8.54. The third-order valence-corrected chi connectivity index (χ3v) is 3.29. The van der Waals surface area contributed by atoms with Gasteiger partial charge in [0.05, 0.1) is 13.2 Å². The van der Waals surface area contributed by atoms with E-state index in [-0.39, 0.29) is 5.84 Å². The summed E-state index contributed by atoms with van der Waals surface area (Å²) in [4.78, 5) is 2.31. The van der Waals surface area contributed by atoms with Gasteiger partial charge in [-0.05, 0) is 37.6 Å². The Hall–Kier alpha value is -1.75. The van der Waals surface area contributed by atoms with Crippen molar-refractivity contribution < 1.29 is 9.94 Å². The van der Waals surface area contributed by atoms with Crippen LogP contribution in [0.2, 0.25) is 0 Å². The van der Waals surface area contributed by atoms with Gasteiger partial charge in [-0.3, -0.25) is 0 Å². The SMILES string of the molecule is Cc1cc(N2CCOCC2C)ccc1/C(N)=N/O. The van der Waals surface area contributed by atoms with E-state index in [9.17, 15) is 0 Å². The summed E-state index contributed by atoms with van der Waals surface area (Å²) in [6.07, 6.45) is 0. The first-order valence-electron chi connectivity index (χ1n) is 6.06. The molecule has 0 spiro atoms. The lowest BCUT2D eigenvalue weighted by molar-refractivity contribution is 0.0989. The Balaban J connectivity index is 2.28. The highest BCUT2D eigenvalue weighted by molar-refractivity contribution is 5.98. The van der Waals surface area contributed by atoms with E-state index in [4.69, 9.17) is 15.7 Å². The summed E-state index contributed by atoms with van der Waals surface area (Å²) in [6.45, 7) is 6.50. The number of hydrogen-bond donors (Lipinski definition) is 2. The zero-order valence-electron chi connectivity index (χ0n) is 10.8. The quantitative estimate of drug-likeness (QED) is 0.359. The van der Waals surface area contributed by atoms with Gasteiger partial charge in [-0.2, -0.15) is 0 Å². The van der Waals surface area contributed by atoms with Gasteiger partial charge >= 0.3 is 0 Å². The molecule has 98 valence electrons. The lowest BCUT2D eigenvalue weighted by Crippen LogP contribution is -2.43. The number of morpholine rings is 1. The van der Waals surface area contributed by atoms with Gasteiger partial charge in [0.15, 0.2) is 5.84 Å². The predicted octanol–water partition coefficient (Wildman–Crippen LogP) is 1.31. The molecule has 18 heavy (non-hydrogen) atoms. The summed E-state index contributed by atoms with van der Waals surface area (Å²) < 4.78 is 5.43. The third kappa shape index (κ3) is 2.41. The maximum atomic E-state index is 8.71. The number of oxime groups is 1. The highest BCUT2D eigenvalue weighted by atomic mass is 16.5. The Morgan fingerprint density at radius 3 is 2.94 bits per heavy atom. The van der Waals surface area contributed by atoms with Crippen molar-refractivity contribution in [1.82, 2.24) is 0 Å². The molecule has 5 nitrogen and oxygen atoms in total. The first kappa shape index (κ1) is 12.7. The number of ether oxygens (including phenoxy) is 1. The van der Waals surface area contributed by atoms with E-state index < -0.39 is 0 Å². The monoisotopic (exact) mass is 249 g/mol.